The molecule has 7 atom stereocenters. The first kappa shape index (κ1) is 28.9. The van der Waals surface area contributed by atoms with Crippen molar-refractivity contribution in [3.63, 3.8) is 0 Å². The van der Waals surface area contributed by atoms with Crippen molar-refractivity contribution in [1.82, 2.24) is 4.98 Å². The van der Waals surface area contributed by atoms with Crippen molar-refractivity contribution in [1.29, 1.82) is 0 Å². The van der Waals surface area contributed by atoms with Crippen molar-refractivity contribution < 1.29 is 27.5 Å². The van der Waals surface area contributed by atoms with Crippen LogP contribution in [0.5, 0.6) is 5.75 Å². The van der Waals surface area contributed by atoms with E-state index >= 15 is 0 Å². The molecule has 45 heavy (non-hydrogen) atoms. The standard InChI is InChI=1S/C33H24ClF3N2O4S2/c34-17-10-8-15(9-11-17)14-43-22-7-2-1-6-19(22)23-24-20-13-21(27(24)44-29-28(23)45-32(42)38-29)26-25(20)30(40)39(31(26)41)18-5-3-4-16(12-18)33(35,36)37/h1-12,20-21,23-27H,13-14H2,(H,38,42)/t20?,21?,23-,24?,25?,26?,27?/m1/s1. The van der Waals surface area contributed by atoms with Crippen molar-refractivity contribution >= 4 is 52.2 Å². The van der Waals surface area contributed by atoms with E-state index in [4.69, 9.17) is 16.3 Å². The number of nitrogens with one attached hydrogen (secondary N) is 1. The average Bonchev–Trinajstić information content (AvgIpc) is 3.75. The second-order valence-electron chi connectivity index (χ2n) is 12.0. The van der Waals surface area contributed by atoms with Gasteiger partial charge in [-0.05, 0) is 66.1 Å². The number of H-pyrrole nitrogens is 1. The molecular weight excluding hydrogens is 645 g/mol. The molecule has 4 aliphatic rings. The van der Waals surface area contributed by atoms with Crippen LogP contribution in [0.25, 0.3) is 0 Å². The number of para-hydroxylation sites is 1. The molecule has 3 aromatic carbocycles. The van der Waals surface area contributed by atoms with E-state index in [1.165, 1.54) is 12.1 Å². The molecule has 2 amide bonds. The number of alkyl halides is 3. The smallest absolute Gasteiger partial charge is 0.416 e. The summed E-state index contributed by atoms with van der Waals surface area (Å²) in [7, 11) is 0. The predicted molar refractivity (Wildman–Crippen MR) is 165 cm³/mol. The number of nitrogens with zero attached hydrogens (tertiary/aromatic N) is 1. The number of ether oxygens (including phenoxy) is 1. The fourth-order valence-corrected chi connectivity index (χ4v) is 11.1. The number of aromatic amines is 1. The number of thioether (sulfide) groups is 1. The van der Waals surface area contributed by atoms with Gasteiger partial charge in [0, 0.05) is 26.6 Å². The molecule has 0 spiro atoms. The van der Waals surface area contributed by atoms with Gasteiger partial charge in [0.15, 0.2) is 0 Å². The summed E-state index contributed by atoms with van der Waals surface area (Å²) in [6, 6.07) is 19.5. The molecule has 6 nitrogen and oxygen atoms in total. The fourth-order valence-electron chi connectivity index (χ4n) is 8.05. The van der Waals surface area contributed by atoms with E-state index in [0.717, 1.165) is 49.4 Å². The lowest BCUT2D eigenvalue weighted by Gasteiger charge is -2.43. The summed E-state index contributed by atoms with van der Waals surface area (Å²) >= 11 is 8.76. The van der Waals surface area contributed by atoms with Gasteiger partial charge >= 0.3 is 11.0 Å². The second-order valence-corrected chi connectivity index (χ2v) is 14.6. The lowest BCUT2D eigenvalue weighted by atomic mass is 9.68. The Morgan fingerprint density at radius 3 is 2.42 bits per heavy atom. The minimum atomic E-state index is -4.60. The number of aromatic nitrogens is 1. The highest BCUT2D eigenvalue weighted by Crippen LogP contribution is 2.69. The van der Waals surface area contributed by atoms with Gasteiger partial charge in [-0.3, -0.25) is 19.3 Å². The molecule has 12 heteroatoms. The molecule has 4 aromatic rings. The zero-order valence-electron chi connectivity index (χ0n) is 23.3. The number of benzene rings is 3. The first-order chi connectivity index (χ1) is 21.6. The number of thiazole rings is 1. The Labute approximate surface area is 268 Å². The van der Waals surface area contributed by atoms with E-state index in [9.17, 15) is 27.6 Å². The number of amides is 2. The van der Waals surface area contributed by atoms with Gasteiger partial charge in [-0.1, -0.05) is 59.3 Å². The first-order valence-corrected chi connectivity index (χ1v) is 16.6. The Bertz CT molecular complexity index is 1910. The van der Waals surface area contributed by atoms with Crippen molar-refractivity contribution in [2.75, 3.05) is 4.90 Å². The van der Waals surface area contributed by atoms with Crippen molar-refractivity contribution in [3.8, 4) is 5.75 Å². The lowest BCUT2D eigenvalue weighted by molar-refractivity contribution is -0.137. The summed E-state index contributed by atoms with van der Waals surface area (Å²) in [5.74, 6) is -2.18. The molecule has 2 saturated carbocycles. The van der Waals surface area contributed by atoms with E-state index in [2.05, 4.69) is 4.98 Å². The van der Waals surface area contributed by atoms with Gasteiger partial charge in [-0.2, -0.15) is 13.2 Å². The molecule has 6 unspecified atom stereocenters. The zero-order chi connectivity index (χ0) is 31.2. The maximum Gasteiger partial charge on any atom is 0.416 e. The molecule has 1 N–H and O–H groups in total. The Balaban J connectivity index is 1.17. The number of carbonyl (C=O) groups excluding carboxylic acids is 2. The van der Waals surface area contributed by atoms with Crippen LogP contribution < -0.4 is 14.5 Å². The lowest BCUT2D eigenvalue weighted by Crippen LogP contribution is -2.42. The van der Waals surface area contributed by atoms with Crippen LogP contribution in [-0.4, -0.2) is 22.0 Å². The van der Waals surface area contributed by atoms with Crippen LogP contribution in [0.15, 0.2) is 82.6 Å². The molecule has 1 saturated heterocycles. The largest absolute Gasteiger partial charge is 0.489 e. The van der Waals surface area contributed by atoms with E-state index < -0.39 is 35.4 Å². The molecule has 3 heterocycles. The molecule has 0 radical (unpaired) electrons. The minimum absolute atomic E-state index is 0.0508. The van der Waals surface area contributed by atoms with Crippen LogP contribution in [0.1, 0.15) is 33.9 Å². The molecule has 2 aliphatic heterocycles. The quantitative estimate of drug-likeness (QED) is 0.225. The molecule has 2 aliphatic carbocycles. The normalized spacial score (nSPS) is 28.3. The molecule has 230 valence electrons. The van der Waals surface area contributed by atoms with Gasteiger partial charge in [0.2, 0.25) is 11.8 Å². The van der Waals surface area contributed by atoms with Gasteiger partial charge < -0.3 is 9.72 Å². The monoisotopic (exact) mass is 668 g/mol. The third-order valence-corrected chi connectivity index (χ3v) is 12.6. The third kappa shape index (κ3) is 4.57. The van der Waals surface area contributed by atoms with Crippen LogP contribution in [0, 0.1) is 29.6 Å². The zero-order valence-corrected chi connectivity index (χ0v) is 25.7. The van der Waals surface area contributed by atoms with Gasteiger partial charge in [0.05, 0.1) is 28.1 Å². The number of hydrogen-bond acceptors (Lipinski definition) is 6. The summed E-state index contributed by atoms with van der Waals surface area (Å²) in [6.07, 6.45) is -3.94. The first-order valence-electron chi connectivity index (χ1n) is 14.5. The molecular formula is C33H24ClF3N2O4S2. The molecule has 3 fully saturated rings. The Hall–Kier alpha value is -3.54. The minimum Gasteiger partial charge on any atom is -0.489 e. The number of imide groups is 1. The predicted octanol–water partition coefficient (Wildman–Crippen LogP) is 7.37. The molecule has 2 bridgehead atoms. The van der Waals surface area contributed by atoms with Gasteiger partial charge in [-0.15, -0.1) is 11.8 Å². The maximum absolute atomic E-state index is 14.0. The van der Waals surface area contributed by atoms with Crippen LogP contribution in [0.2, 0.25) is 5.02 Å². The third-order valence-electron chi connectivity index (χ3n) is 9.72. The van der Waals surface area contributed by atoms with Gasteiger partial charge in [0.25, 0.3) is 0 Å². The van der Waals surface area contributed by atoms with Crippen LogP contribution in [0.4, 0.5) is 18.9 Å². The Kier molecular flexibility index (Phi) is 6.74. The molecule has 8 rings (SSSR count). The second kappa shape index (κ2) is 10.5. The molecule has 1 aromatic heterocycles. The number of rotatable bonds is 5. The fraction of sp³-hybridized carbons (Fsp3) is 0.303. The van der Waals surface area contributed by atoms with E-state index in [1.807, 2.05) is 36.4 Å². The van der Waals surface area contributed by atoms with E-state index in [0.29, 0.717) is 23.8 Å². The number of hydrogen-bond donors (Lipinski definition) is 1. The summed E-state index contributed by atoms with van der Waals surface area (Å²) in [4.78, 5) is 45.2. The highest BCUT2D eigenvalue weighted by atomic mass is 35.5. The number of carbonyl (C=O) groups is 2. The summed E-state index contributed by atoms with van der Waals surface area (Å²) in [6.45, 7) is 0.301. The highest BCUT2D eigenvalue weighted by molar-refractivity contribution is 8.00. The average molecular weight is 669 g/mol. The number of fused-ring (bicyclic) bond motifs is 9. The Morgan fingerprint density at radius 1 is 0.933 bits per heavy atom. The SMILES string of the molecule is O=C1C2C3CC(C2C(=O)N1c1cccc(C(F)(F)F)c1)C1C3Sc2[nH]c(=O)sc2[C@@H]1c1ccccc1OCc1ccc(Cl)cc1. The topological polar surface area (TPSA) is 79.5 Å². The van der Waals surface area contributed by atoms with Crippen LogP contribution in [0.3, 0.4) is 0 Å². The van der Waals surface area contributed by atoms with Gasteiger partial charge in [-0.25, -0.2) is 0 Å². The van der Waals surface area contributed by atoms with Gasteiger partial charge in [0.1, 0.15) is 12.4 Å². The highest BCUT2D eigenvalue weighted by Gasteiger charge is 2.70. The van der Waals surface area contributed by atoms with Crippen LogP contribution >= 0.6 is 34.7 Å². The summed E-state index contributed by atoms with van der Waals surface area (Å²) < 4.78 is 46.9. The van der Waals surface area contributed by atoms with E-state index in [1.54, 1.807) is 23.9 Å². The van der Waals surface area contributed by atoms with Crippen molar-refractivity contribution in [2.24, 2.45) is 29.6 Å². The Morgan fingerprint density at radius 2 is 1.67 bits per heavy atom. The summed E-state index contributed by atoms with van der Waals surface area (Å²) in [5, 5.41) is 1.32. The number of anilines is 1. The number of halogens is 4. The summed E-state index contributed by atoms with van der Waals surface area (Å²) in [5.41, 5.74) is 0.873. The van der Waals surface area contributed by atoms with Crippen molar-refractivity contribution in [3.05, 3.63) is 109 Å². The van der Waals surface area contributed by atoms with E-state index in [-0.39, 0.29) is 39.5 Å². The van der Waals surface area contributed by atoms with Crippen molar-refractivity contribution in [2.45, 2.75) is 35.4 Å². The van der Waals surface area contributed by atoms with Crippen LogP contribution in [-0.2, 0) is 22.4 Å². The maximum atomic E-state index is 14.0.